The molecule has 1 aliphatic rings. The molecule has 4 nitrogen and oxygen atoms in total. The van der Waals surface area contributed by atoms with Gasteiger partial charge in [0.15, 0.2) is 5.78 Å². The second kappa shape index (κ2) is 16.5. The topological polar surface area (TPSA) is 54.0 Å². The number of nitrogens with one attached hydrogen (secondary N) is 2. The summed E-state index contributed by atoms with van der Waals surface area (Å²) in [4.78, 5) is 17.9. The maximum Gasteiger partial charge on any atom is 0.152 e. The fraction of sp³-hybridized carbons (Fsp3) is 0.391. The number of fused-ring (bicyclic) bond motifs is 1. The molecule has 0 aliphatic carbocycles. The van der Waals surface area contributed by atoms with Gasteiger partial charge in [-0.05, 0) is 37.1 Å². The van der Waals surface area contributed by atoms with Crippen molar-refractivity contribution in [1.82, 2.24) is 10.3 Å². The summed E-state index contributed by atoms with van der Waals surface area (Å²) in [5.41, 5.74) is 2.99. The second-order valence-electron chi connectivity index (χ2n) is 6.50. The molecule has 2 N–H and O–H groups in total. The van der Waals surface area contributed by atoms with E-state index in [0.717, 1.165) is 35.1 Å². The molecule has 0 bridgehead atoms. The van der Waals surface area contributed by atoms with E-state index in [1.807, 2.05) is 39.0 Å². The Kier molecular flexibility index (Phi) is 17.0. The zero-order chi connectivity index (χ0) is 21.1. The molecule has 0 saturated carbocycles. The van der Waals surface area contributed by atoms with Crippen LogP contribution in [0.5, 0.6) is 0 Å². The zero-order valence-electron chi connectivity index (χ0n) is 18.8. The van der Waals surface area contributed by atoms with Gasteiger partial charge in [-0.15, -0.1) is 22.7 Å². The molecule has 4 radical (unpaired) electrons. The van der Waals surface area contributed by atoms with Gasteiger partial charge in [0.25, 0.3) is 0 Å². The monoisotopic (exact) mass is 499 g/mol. The van der Waals surface area contributed by atoms with Crippen LogP contribution in [0.4, 0.5) is 5.82 Å². The van der Waals surface area contributed by atoms with Crippen molar-refractivity contribution in [2.75, 3.05) is 11.9 Å². The smallest absolute Gasteiger partial charge is 0.152 e. The first-order valence-electron chi connectivity index (χ1n) is 9.74. The Bertz CT molecular complexity index is 780. The van der Waals surface area contributed by atoms with E-state index in [-0.39, 0.29) is 52.9 Å². The molecule has 2 aromatic rings. The summed E-state index contributed by atoms with van der Waals surface area (Å²) in [6.45, 7) is 19.9. The number of carbonyl (C=O) groups excluding carboxylic acids is 1. The first-order valence-corrected chi connectivity index (χ1v) is 10.6. The SMILES string of the molecule is C=C(C)N[C@@H](Cc1ccc([CH2-])s1)C(C)=O.CC.[B].[CH2-]c1ccc2c(n1)NCCC2.[Y]. The fourth-order valence-corrected chi connectivity index (χ4v) is 3.55. The van der Waals surface area contributed by atoms with Crippen molar-refractivity contribution in [1.29, 1.82) is 0 Å². The Balaban J connectivity index is 0. The molecule has 0 unspecified atom stereocenters. The predicted molar refractivity (Wildman–Crippen MR) is 128 cm³/mol. The van der Waals surface area contributed by atoms with Crippen LogP contribution in [0.1, 0.15) is 55.1 Å². The summed E-state index contributed by atoms with van der Waals surface area (Å²) in [6.07, 6.45) is 3.07. The number of aromatic nitrogens is 1. The number of nitrogens with zero attached hydrogens (tertiary/aromatic N) is 1. The molecule has 0 amide bonds. The Morgan fingerprint density at radius 1 is 1.27 bits per heavy atom. The Labute approximate surface area is 214 Å². The van der Waals surface area contributed by atoms with Crippen LogP contribution in [-0.2, 0) is 50.3 Å². The van der Waals surface area contributed by atoms with Gasteiger partial charge in [-0.1, -0.05) is 20.4 Å². The van der Waals surface area contributed by atoms with E-state index in [1.165, 1.54) is 16.9 Å². The van der Waals surface area contributed by atoms with Crippen molar-refractivity contribution in [3.05, 3.63) is 71.4 Å². The van der Waals surface area contributed by atoms with Gasteiger partial charge in [-0.2, -0.15) is 23.5 Å². The van der Waals surface area contributed by atoms with E-state index < -0.39 is 0 Å². The average molecular weight is 499 g/mol. The van der Waals surface area contributed by atoms with Crippen molar-refractivity contribution >= 4 is 31.4 Å². The number of anilines is 1. The van der Waals surface area contributed by atoms with Crippen LogP contribution in [0.3, 0.4) is 0 Å². The third kappa shape index (κ3) is 11.2. The van der Waals surface area contributed by atoms with Gasteiger partial charge in [0.1, 0.15) is 5.82 Å². The van der Waals surface area contributed by atoms with Gasteiger partial charge in [0.2, 0.25) is 0 Å². The second-order valence-corrected chi connectivity index (χ2v) is 7.75. The van der Waals surface area contributed by atoms with Crippen LogP contribution in [0.25, 0.3) is 0 Å². The molecule has 7 heteroatoms. The number of allylic oxidation sites excluding steroid dienone is 1. The molecule has 30 heavy (non-hydrogen) atoms. The largest absolute Gasteiger partial charge is 0.379 e. The van der Waals surface area contributed by atoms with E-state index in [0.29, 0.717) is 6.42 Å². The van der Waals surface area contributed by atoms with Crippen LogP contribution in [0.15, 0.2) is 36.5 Å². The first kappa shape index (κ1) is 31.0. The minimum atomic E-state index is -0.166. The van der Waals surface area contributed by atoms with Crippen LogP contribution in [0.2, 0.25) is 0 Å². The van der Waals surface area contributed by atoms with Gasteiger partial charge in [-0.3, -0.25) is 9.78 Å². The standard InChI is InChI=1S/C12H16NOS.C9H11N2.C2H6.B.Y/c1-8(2)13-12(10(4)14)7-11-6-5-9(3)15-11;1-7-4-5-8-3-2-6-10-9(8)11-7;1-2;;/h5-6,12-13H,1,3,7H2,2,4H3;4-5H,1-3,6H2,(H,10,11);1-2H3;;/q2*-1;;;/t12-;;;;/m0..../s1. The summed E-state index contributed by atoms with van der Waals surface area (Å²) in [6, 6.07) is 7.89. The van der Waals surface area contributed by atoms with Crippen molar-refractivity contribution in [3.8, 4) is 0 Å². The third-order valence-corrected chi connectivity index (χ3v) is 4.95. The van der Waals surface area contributed by atoms with E-state index in [9.17, 15) is 4.79 Å². The van der Waals surface area contributed by atoms with Gasteiger partial charge in [0.05, 0.1) is 6.04 Å². The average Bonchev–Trinajstić information content (AvgIpc) is 3.07. The number of carbonyl (C=O) groups is 1. The number of aryl methyl sites for hydroxylation is 1. The number of pyridine rings is 1. The van der Waals surface area contributed by atoms with E-state index in [2.05, 4.69) is 42.1 Å². The molecule has 0 spiro atoms. The fourth-order valence-electron chi connectivity index (χ4n) is 2.70. The number of hydrogen-bond donors (Lipinski definition) is 2. The van der Waals surface area contributed by atoms with Crippen molar-refractivity contribution in [2.45, 2.75) is 53.0 Å². The molecular weight excluding hydrogens is 466 g/mol. The van der Waals surface area contributed by atoms with Crippen LogP contribution in [-0.4, -0.2) is 31.8 Å². The molecule has 0 fully saturated rings. The molecule has 2 aromatic heterocycles. The Morgan fingerprint density at radius 2 is 1.93 bits per heavy atom. The molecular formula is C23H33BN3OSY-2. The maximum atomic E-state index is 11.4. The predicted octanol–water partition coefficient (Wildman–Crippen LogP) is 4.82. The van der Waals surface area contributed by atoms with Gasteiger partial charge in [0, 0.05) is 59.8 Å². The number of ketones is 1. The van der Waals surface area contributed by atoms with Crippen molar-refractivity contribution in [3.63, 3.8) is 0 Å². The summed E-state index contributed by atoms with van der Waals surface area (Å²) in [7, 11) is 0. The quantitative estimate of drug-likeness (QED) is 0.458. The first-order chi connectivity index (χ1) is 13.3. The summed E-state index contributed by atoms with van der Waals surface area (Å²) in [5, 5.41) is 6.33. The zero-order valence-corrected chi connectivity index (χ0v) is 22.4. The van der Waals surface area contributed by atoms with E-state index in [4.69, 9.17) is 0 Å². The van der Waals surface area contributed by atoms with Gasteiger partial charge in [-0.25, -0.2) is 13.8 Å². The number of thiophene rings is 1. The number of rotatable bonds is 5. The normalized spacial score (nSPS) is 11.9. The number of Topliss-reactive ketones (excluding diaryl/α,β-unsaturated/α-hetero) is 1. The summed E-state index contributed by atoms with van der Waals surface area (Å²) >= 11 is 1.63. The molecule has 0 aromatic carbocycles. The van der Waals surface area contributed by atoms with Crippen LogP contribution in [0, 0.1) is 13.8 Å². The van der Waals surface area contributed by atoms with E-state index >= 15 is 0 Å². The third-order valence-electron chi connectivity index (χ3n) is 3.99. The molecule has 3 rings (SSSR count). The molecule has 3 heterocycles. The summed E-state index contributed by atoms with van der Waals surface area (Å²) in [5.74, 6) is 1.17. The van der Waals surface area contributed by atoms with Crippen LogP contribution < -0.4 is 10.6 Å². The van der Waals surface area contributed by atoms with Gasteiger partial charge >= 0.3 is 0 Å². The van der Waals surface area contributed by atoms with Crippen molar-refractivity contribution in [2.24, 2.45) is 0 Å². The Hall–Kier alpha value is -1.23. The number of hydrogen-bond acceptors (Lipinski definition) is 5. The summed E-state index contributed by atoms with van der Waals surface area (Å²) < 4.78 is 0. The van der Waals surface area contributed by atoms with E-state index in [1.54, 1.807) is 18.3 Å². The van der Waals surface area contributed by atoms with Gasteiger partial charge < -0.3 is 10.6 Å². The molecule has 1 atom stereocenters. The van der Waals surface area contributed by atoms with Crippen molar-refractivity contribution < 1.29 is 37.5 Å². The molecule has 160 valence electrons. The minimum Gasteiger partial charge on any atom is -0.379 e. The molecule has 0 saturated heterocycles. The maximum absolute atomic E-state index is 11.4. The van der Waals surface area contributed by atoms with Crippen LogP contribution >= 0.6 is 11.3 Å². The molecule has 1 aliphatic heterocycles. The Morgan fingerprint density at radius 3 is 2.47 bits per heavy atom. The minimum absolute atomic E-state index is 0.